The molecule has 3 atom stereocenters. The summed E-state index contributed by atoms with van der Waals surface area (Å²) in [5, 5.41) is 37.9. The fraction of sp³-hybridized carbons (Fsp3) is 0.519. The Morgan fingerprint density at radius 2 is 1.97 bits per heavy atom. The molecule has 4 N–H and O–H groups in total. The summed E-state index contributed by atoms with van der Waals surface area (Å²) >= 11 is 5.87. The number of nitrogens with one attached hydrogen (secondary N) is 1. The van der Waals surface area contributed by atoms with Gasteiger partial charge in [-0.05, 0) is 62.6 Å². The van der Waals surface area contributed by atoms with Crippen molar-refractivity contribution in [2.75, 3.05) is 18.5 Å². The number of carbonyl (C=O) groups is 1. The van der Waals surface area contributed by atoms with Crippen LogP contribution in [0.1, 0.15) is 60.4 Å². The average Bonchev–Trinajstić information content (AvgIpc) is 3.62. The van der Waals surface area contributed by atoms with E-state index in [1.165, 1.54) is 25.1 Å². The van der Waals surface area contributed by atoms with Gasteiger partial charge in [0.15, 0.2) is 0 Å². The van der Waals surface area contributed by atoms with Gasteiger partial charge in [0.1, 0.15) is 29.3 Å². The Morgan fingerprint density at radius 1 is 1.28 bits per heavy atom. The molecule has 210 valence electrons. The molecule has 2 heterocycles. The zero-order valence-electron chi connectivity index (χ0n) is 22.1. The zero-order valence-corrected chi connectivity index (χ0v) is 22.8. The fourth-order valence-corrected chi connectivity index (χ4v) is 6.29. The molecule has 0 radical (unpaired) electrons. The van der Waals surface area contributed by atoms with E-state index in [0.717, 1.165) is 12.8 Å². The van der Waals surface area contributed by atoms with Crippen molar-refractivity contribution in [3.05, 3.63) is 58.5 Å². The molecule has 2 fully saturated rings. The second-order valence-corrected chi connectivity index (χ2v) is 11.6. The first kappa shape index (κ1) is 27.6. The number of anilines is 1. The highest BCUT2D eigenvalue weighted by molar-refractivity contribution is 6.31. The van der Waals surface area contributed by atoms with E-state index in [-0.39, 0.29) is 41.2 Å². The van der Waals surface area contributed by atoms with Crippen LogP contribution in [-0.2, 0) is 19.7 Å². The van der Waals surface area contributed by atoms with Gasteiger partial charge in [0.25, 0.3) is 5.91 Å². The second-order valence-electron chi connectivity index (χ2n) is 11.2. The maximum Gasteiger partial charge on any atom is 0.274 e. The van der Waals surface area contributed by atoms with Crippen molar-refractivity contribution in [3.8, 4) is 5.88 Å². The molecule has 2 aromatic heterocycles. The number of aromatic nitrogens is 4. The van der Waals surface area contributed by atoms with Crippen molar-refractivity contribution in [3.63, 3.8) is 0 Å². The smallest absolute Gasteiger partial charge is 0.274 e. The van der Waals surface area contributed by atoms with E-state index in [4.69, 9.17) is 16.3 Å². The number of hydrogen-bond donors (Lipinski definition) is 4. The highest BCUT2D eigenvalue weighted by atomic mass is 35.5. The van der Waals surface area contributed by atoms with Crippen molar-refractivity contribution in [2.45, 2.75) is 49.7 Å². The largest absolute Gasteiger partial charge is 0.473 e. The summed E-state index contributed by atoms with van der Waals surface area (Å²) in [6, 6.07) is 5.72. The number of rotatable bonds is 8. The molecule has 12 heteroatoms. The molecular formula is C27H33ClFN5O5. The van der Waals surface area contributed by atoms with E-state index < -0.39 is 23.6 Å². The Hall–Kier alpha value is -2.99. The molecule has 0 spiro atoms. The van der Waals surface area contributed by atoms with Crippen molar-refractivity contribution in [2.24, 2.45) is 25.9 Å². The number of aliphatic hydroxyl groups is 3. The van der Waals surface area contributed by atoms with Gasteiger partial charge in [0, 0.05) is 31.8 Å². The van der Waals surface area contributed by atoms with Gasteiger partial charge in [-0.3, -0.25) is 9.48 Å². The van der Waals surface area contributed by atoms with Crippen LogP contribution in [0, 0.1) is 17.7 Å². The van der Waals surface area contributed by atoms with Gasteiger partial charge in [-0.1, -0.05) is 11.6 Å². The zero-order chi connectivity index (χ0) is 28.1. The minimum atomic E-state index is -1.39. The molecule has 2 saturated carbocycles. The number of amides is 1. The highest BCUT2D eigenvalue weighted by Crippen LogP contribution is 2.57. The lowest BCUT2D eigenvalue weighted by molar-refractivity contribution is -0.0336. The molecule has 2 aliphatic rings. The molecule has 3 unspecified atom stereocenters. The van der Waals surface area contributed by atoms with E-state index in [0.29, 0.717) is 35.6 Å². The minimum Gasteiger partial charge on any atom is -0.473 e. The first-order valence-corrected chi connectivity index (χ1v) is 13.3. The van der Waals surface area contributed by atoms with E-state index >= 15 is 0 Å². The third-order valence-electron chi connectivity index (χ3n) is 7.99. The summed E-state index contributed by atoms with van der Waals surface area (Å²) in [5.74, 6) is -0.0843. The number of benzene rings is 1. The molecule has 0 saturated heterocycles. The van der Waals surface area contributed by atoms with Gasteiger partial charge < -0.3 is 29.9 Å². The van der Waals surface area contributed by atoms with Gasteiger partial charge in [0.2, 0.25) is 5.88 Å². The van der Waals surface area contributed by atoms with Gasteiger partial charge in [-0.25, -0.2) is 9.37 Å². The lowest BCUT2D eigenvalue weighted by Crippen LogP contribution is -2.36. The molecule has 0 bridgehead atoms. The highest BCUT2D eigenvalue weighted by Gasteiger charge is 2.51. The molecule has 1 amide bonds. The van der Waals surface area contributed by atoms with Crippen LogP contribution < -0.4 is 10.1 Å². The van der Waals surface area contributed by atoms with E-state index in [1.54, 1.807) is 35.7 Å². The molecular weight excluding hydrogens is 529 g/mol. The molecule has 10 nitrogen and oxygen atoms in total. The summed E-state index contributed by atoms with van der Waals surface area (Å²) in [6.45, 7) is 0.898. The summed E-state index contributed by atoms with van der Waals surface area (Å²) in [5.41, 5.74) is -0.262. The number of carbonyl (C=O) groups excluding carboxylic acids is 1. The Bertz CT molecular complexity index is 1370. The van der Waals surface area contributed by atoms with E-state index in [2.05, 4.69) is 15.4 Å². The Morgan fingerprint density at radius 3 is 2.62 bits per heavy atom. The number of fused-ring (bicyclic) bond motifs is 1. The number of aliphatic hydroxyl groups excluding tert-OH is 1. The van der Waals surface area contributed by atoms with Gasteiger partial charge in [-0.2, -0.15) is 0 Å². The summed E-state index contributed by atoms with van der Waals surface area (Å²) in [6.07, 6.45) is 4.28. The van der Waals surface area contributed by atoms with Gasteiger partial charge >= 0.3 is 0 Å². The van der Waals surface area contributed by atoms with Crippen LogP contribution in [0.5, 0.6) is 5.88 Å². The Labute approximate surface area is 230 Å². The predicted octanol–water partition coefficient (Wildman–Crippen LogP) is 3.11. The van der Waals surface area contributed by atoms with Crippen LogP contribution in [0.2, 0.25) is 5.02 Å². The van der Waals surface area contributed by atoms with Crippen molar-refractivity contribution < 1.29 is 29.2 Å². The monoisotopic (exact) mass is 561 g/mol. The average molecular weight is 562 g/mol. The number of halogens is 2. The van der Waals surface area contributed by atoms with Crippen molar-refractivity contribution in [1.82, 2.24) is 19.3 Å². The van der Waals surface area contributed by atoms with Gasteiger partial charge in [0.05, 0.1) is 29.3 Å². The molecule has 3 aromatic rings. The quantitative estimate of drug-likeness (QED) is 0.332. The van der Waals surface area contributed by atoms with Crippen LogP contribution in [0.3, 0.4) is 0 Å². The standard InChI is InChI=1S/C27H33ClFN5O5/c1-26(37,12-35)13-39-22-9-21(34(3)32-22)27(38)10-16-6-15(7-17(16)11-27)23-24(33(2)14-30-23)25(36)31-18-4-5-20(29)19(28)8-18/h4-5,8-9,14-17,35,37-38H,6-7,10-13H2,1-3H3,(H,31,36). The van der Waals surface area contributed by atoms with Crippen molar-refractivity contribution >= 4 is 23.2 Å². The summed E-state index contributed by atoms with van der Waals surface area (Å²) in [7, 11) is 3.51. The number of aryl methyl sites for hydroxylation is 2. The molecule has 2 aliphatic carbocycles. The lowest BCUT2D eigenvalue weighted by Gasteiger charge is -2.24. The summed E-state index contributed by atoms with van der Waals surface area (Å²) in [4.78, 5) is 17.7. The molecule has 1 aromatic carbocycles. The Balaban J connectivity index is 1.27. The third-order valence-corrected chi connectivity index (χ3v) is 8.28. The fourth-order valence-electron chi connectivity index (χ4n) is 6.11. The van der Waals surface area contributed by atoms with Crippen molar-refractivity contribution in [1.29, 1.82) is 0 Å². The van der Waals surface area contributed by atoms with Crippen LogP contribution in [-0.4, -0.2) is 59.4 Å². The normalized spacial score (nSPS) is 25.9. The third kappa shape index (κ3) is 5.41. The minimum absolute atomic E-state index is 0.0643. The maximum atomic E-state index is 13.5. The number of nitrogens with zero attached hydrogens (tertiary/aromatic N) is 4. The number of imidazole rings is 1. The molecule has 0 aliphatic heterocycles. The molecule has 5 rings (SSSR count). The van der Waals surface area contributed by atoms with E-state index in [1.807, 2.05) is 0 Å². The Kier molecular flexibility index (Phi) is 7.21. The summed E-state index contributed by atoms with van der Waals surface area (Å²) < 4.78 is 22.4. The first-order valence-electron chi connectivity index (χ1n) is 12.9. The first-order chi connectivity index (χ1) is 18.4. The SMILES string of the molecule is Cn1cnc(C2CC3CC(O)(c4cc(OCC(C)(O)CO)nn4C)CC3C2)c1C(=O)Nc1ccc(F)c(Cl)c1. The van der Waals surface area contributed by atoms with E-state index in [9.17, 15) is 24.5 Å². The number of ether oxygens (including phenoxy) is 1. The van der Waals surface area contributed by atoms with Crippen LogP contribution in [0.25, 0.3) is 0 Å². The topological polar surface area (TPSA) is 135 Å². The van der Waals surface area contributed by atoms with Crippen LogP contribution in [0.15, 0.2) is 30.6 Å². The van der Waals surface area contributed by atoms with Crippen LogP contribution >= 0.6 is 11.6 Å². The predicted molar refractivity (Wildman–Crippen MR) is 141 cm³/mol. The lowest BCUT2D eigenvalue weighted by atomic mass is 9.90. The van der Waals surface area contributed by atoms with Gasteiger partial charge in [-0.15, -0.1) is 5.10 Å². The second kappa shape index (κ2) is 10.2. The van der Waals surface area contributed by atoms with Crippen LogP contribution in [0.4, 0.5) is 10.1 Å². The molecule has 39 heavy (non-hydrogen) atoms. The number of hydrogen-bond acceptors (Lipinski definition) is 7. The maximum absolute atomic E-state index is 13.5.